The summed E-state index contributed by atoms with van der Waals surface area (Å²) in [7, 11) is 0. The van der Waals surface area contributed by atoms with E-state index in [1.54, 1.807) is 0 Å². The molecule has 1 aliphatic rings. The molecule has 0 aliphatic heterocycles. The van der Waals surface area contributed by atoms with Gasteiger partial charge in [0.1, 0.15) is 0 Å². The number of rotatable bonds is 5. The van der Waals surface area contributed by atoms with Crippen LogP contribution in [0.15, 0.2) is 48.5 Å². The summed E-state index contributed by atoms with van der Waals surface area (Å²) >= 11 is 0. The number of aryl methyl sites for hydroxylation is 2. The highest BCUT2D eigenvalue weighted by Gasteiger charge is 2.58. The van der Waals surface area contributed by atoms with Gasteiger partial charge in [-0.2, -0.15) is 0 Å². The zero-order valence-corrected chi connectivity index (χ0v) is 17.1. The van der Waals surface area contributed by atoms with Gasteiger partial charge in [-0.25, -0.2) is 4.79 Å². The smallest absolute Gasteiger partial charge is 0.319 e. The molecule has 1 aliphatic carbocycles. The first-order valence-electron chi connectivity index (χ1n) is 10.1. The van der Waals surface area contributed by atoms with Crippen LogP contribution in [0.5, 0.6) is 0 Å². The molecule has 1 aromatic heterocycles. The molecule has 2 aromatic carbocycles. The third-order valence-electron chi connectivity index (χ3n) is 6.36. The van der Waals surface area contributed by atoms with E-state index in [0.717, 1.165) is 12.1 Å². The Morgan fingerprint density at radius 2 is 1.79 bits per heavy atom. The second-order valence-electron chi connectivity index (χ2n) is 8.65. The van der Waals surface area contributed by atoms with Gasteiger partial charge < -0.3 is 15.6 Å². The minimum Gasteiger partial charge on any atom is -0.358 e. The second kappa shape index (κ2) is 7.01. The highest BCUT2D eigenvalue weighted by atomic mass is 16.2. The summed E-state index contributed by atoms with van der Waals surface area (Å²) in [6.45, 7) is 9.58. The molecule has 1 saturated carbocycles. The van der Waals surface area contributed by atoms with Crippen molar-refractivity contribution < 1.29 is 4.79 Å². The van der Waals surface area contributed by atoms with Crippen LogP contribution in [-0.2, 0) is 0 Å². The Bertz CT molecular complexity index is 1000. The molecule has 1 fully saturated rings. The van der Waals surface area contributed by atoms with E-state index in [4.69, 9.17) is 0 Å². The molecule has 0 bridgehead atoms. The first kappa shape index (κ1) is 18.6. The molecule has 0 saturated heterocycles. The van der Waals surface area contributed by atoms with Crippen LogP contribution < -0.4 is 10.6 Å². The quantitative estimate of drug-likeness (QED) is 0.523. The van der Waals surface area contributed by atoms with Gasteiger partial charge in [-0.3, -0.25) is 0 Å². The van der Waals surface area contributed by atoms with Crippen LogP contribution >= 0.6 is 0 Å². The van der Waals surface area contributed by atoms with E-state index in [9.17, 15) is 4.79 Å². The maximum Gasteiger partial charge on any atom is 0.319 e. The first-order valence-corrected chi connectivity index (χ1v) is 10.1. The fraction of sp³-hybridized carbons (Fsp3) is 0.375. The van der Waals surface area contributed by atoms with Gasteiger partial charge in [0.05, 0.1) is 0 Å². The summed E-state index contributed by atoms with van der Waals surface area (Å²) in [5.41, 5.74) is 6.20. The summed E-state index contributed by atoms with van der Waals surface area (Å²) in [6.07, 6.45) is 0.984. The summed E-state index contributed by atoms with van der Waals surface area (Å²) in [5, 5.41) is 7.25. The van der Waals surface area contributed by atoms with E-state index < -0.39 is 0 Å². The fourth-order valence-corrected chi connectivity index (χ4v) is 4.71. The highest BCUT2D eigenvalue weighted by Crippen LogP contribution is 2.67. The number of carbonyl (C=O) groups excluding carboxylic acids is 1. The topological polar surface area (TPSA) is 56.9 Å². The SMILES string of the molecule is Cc1ccc(NC(=O)NCC[C@@H]2[C@H](c3c(C)[nH]c4ccccc34)C2(C)C)cc1. The molecule has 3 N–H and O–H groups in total. The number of benzene rings is 2. The average Bonchev–Trinajstić information content (AvgIpc) is 3.02. The van der Waals surface area contributed by atoms with Crippen molar-refractivity contribution in [2.24, 2.45) is 11.3 Å². The molecule has 146 valence electrons. The normalized spacial score (nSPS) is 20.1. The summed E-state index contributed by atoms with van der Waals surface area (Å²) in [4.78, 5) is 15.7. The van der Waals surface area contributed by atoms with Crippen LogP contribution in [0.3, 0.4) is 0 Å². The first-order chi connectivity index (χ1) is 13.4. The number of amides is 2. The molecule has 28 heavy (non-hydrogen) atoms. The zero-order chi connectivity index (χ0) is 19.9. The lowest BCUT2D eigenvalue weighted by Gasteiger charge is -2.08. The Hall–Kier alpha value is -2.75. The van der Waals surface area contributed by atoms with Crippen molar-refractivity contribution in [3.8, 4) is 0 Å². The number of fused-ring (bicyclic) bond motifs is 1. The van der Waals surface area contributed by atoms with Crippen LogP contribution in [0, 0.1) is 25.2 Å². The Balaban J connectivity index is 1.37. The number of nitrogens with one attached hydrogen (secondary N) is 3. The predicted octanol–water partition coefficient (Wildman–Crippen LogP) is 5.74. The molecule has 4 nitrogen and oxygen atoms in total. The van der Waals surface area contributed by atoms with E-state index in [1.165, 1.54) is 27.7 Å². The van der Waals surface area contributed by atoms with E-state index >= 15 is 0 Å². The molecular formula is C24H29N3O. The second-order valence-corrected chi connectivity index (χ2v) is 8.65. The predicted molar refractivity (Wildman–Crippen MR) is 116 cm³/mol. The standard InChI is InChI=1S/C24H29N3O/c1-15-9-11-17(12-10-15)27-23(28)25-14-13-19-22(24(19,3)4)21-16(2)26-20-8-6-5-7-18(20)21/h5-12,19,22,26H,13-14H2,1-4H3,(H2,25,27,28)/t19-,22-/m1/s1. The molecule has 2 atom stereocenters. The number of aromatic nitrogens is 1. The van der Waals surface area contributed by atoms with Gasteiger partial charge in [-0.05, 0) is 61.3 Å². The Morgan fingerprint density at radius 3 is 2.54 bits per heavy atom. The summed E-state index contributed by atoms with van der Waals surface area (Å²) < 4.78 is 0. The maximum atomic E-state index is 12.2. The number of hydrogen-bond donors (Lipinski definition) is 3. The minimum atomic E-state index is -0.137. The van der Waals surface area contributed by atoms with Crippen LogP contribution in [0.1, 0.15) is 43.0 Å². The molecule has 4 heteroatoms. The van der Waals surface area contributed by atoms with Gasteiger partial charge in [0.2, 0.25) is 0 Å². The number of aromatic amines is 1. The van der Waals surface area contributed by atoms with Gasteiger partial charge in [0, 0.05) is 28.8 Å². The van der Waals surface area contributed by atoms with E-state index in [-0.39, 0.29) is 11.4 Å². The van der Waals surface area contributed by atoms with Crippen LogP contribution in [0.25, 0.3) is 10.9 Å². The number of para-hydroxylation sites is 1. The molecule has 0 unspecified atom stereocenters. The molecule has 3 aromatic rings. The van der Waals surface area contributed by atoms with Crippen LogP contribution in [-0.4, -0.2) is 17.6 Å². The number of anilines is 1. The third-order valence-corrected chi connectivity index (χ3v) is 6.36. The van der Waals surface area contributed by atoms with Crippen molar-refractivity contribution >= 4 is 22.6 Å². The van der Waals surface area contributed by atoms with Gasteiger partial charge in [0.15, 0.2) is 0 Å². The van der Waals surface area contributed by atoms with Crippen molar-refractivity contribution in [1.29, 1.82) is 0 Å². The summed E-state index contributed by atoms with van der Waals surface area (Å²) in [6, 6.07) is 16.3. The summed E-state index contributed by atoms with van der Waals surface area (Å²) in [5.74, 6) is 1.11. The van der Waals surface area contributed by atoms with Gasteiger partial charge in [0.25, 0.3) is 0 Å². The average molecular weight is 376 g/mol. The van der Waals surface area contributed by atoms with Crippen LogP contribution in [0.4, 0.5) is 10.5 Å². The number of hydrogen-bond acceptors (Lipinski definition) is 1. The monoisotopic (exact) mass is 375 g/mol. The molecule has 2 amide bonds. The van der Waals surface area contributed by atoms with E-state index in [0.29, 0.717) is 18.4 Å². The largest absolute Gasteiger partial charge is 0.358 e. The van der Waals surface area contributed by atoms with Crippen molar-refractivity contribution in [1.82, 2.24) is 10.3 Å². The number of carbonyl (C=O) groups is 1. The molecular weight excluding hydrogens is 346 g/mol. The van der Waals surface area contributed by atoms with Crippen molar-refractivity contribution in [3.05, 3.63) is 65.4 Å². The van der Waals surface area contributed by atoms with Gasteiger partial charge >= 0.3 is 6.03 Å². The number of urea groups is 1. The number of H-pyrrole nitrogens is 1. The van der Waals surface area contributed by atoms with E-state index in [2.05, 4.69) is 60.7 Å². The molecule has 0 radical (unpaired) electrons. The van der Waals surface area contributed by atoms with Gasteiger partial charge in [-0.15, -0.1) is 0 Å². The molecule has 4 rings (SSSR count). The third kappa shape index (κ3) is 3.39. The fourth-order valence-electron chi connectivity index (χ4n) is 4.71. The molecule has 0 spiro atoms. The Morgan fingerprint density at radius 1 is 1.07 bits per heavy atom. The van der Waals surface area contributed by atoms with Gasteiger partial charge in [-0.1, -0.05) is 49.7 Å². The lowest BCUT2D eigenvalue weighted by atomic mass is 10.0. The minimum absolute atomic E-state index is 0.137. The van der Waals surface area contributed by atoms with Crippen molar-refractivity contribution in [2.75, 3.05) is 11.9 Å². The maximum absolute atomic E-state index is 12.2. The lowest BCUT2D eigenvalue weighted by molar-refractivity contribution is 0.251. The van der Waals surface area contributed by atoms with Crippen molar-refractivity contribution in [2.45, 2.75) is 40.0 Å². The van der Waals surface area contributed by atoms with Crippen molar-refractivity contribution in [3.63, 3.8) is 0 Å². The van der Waals surface area contributed by atoms with Crippen LogP contribution in [0.2, 0.25) is 0 Å². The highest BCUT2D eigenvalue weighted by molar-refractivity contribution is 5.89. The van der Waals surface area contributed by atoms with E-state index in [1.807, 2.05) is 31.2 Å². The Kier molecular flexibility index (Phi) is 4.66. The lowest BCUT2D eigenvalue weighted by Crippen LogP contribution is -2.29. The zero-order valence-electron chi connectivity index (χ0n) is 17.1. The molecule has 1 heterocycles. The Labute approximate surface area is 166 Å².